The van der Waals surface area contributed by atoms with Crippen molar-refractivity contribution in [2.75, 3.05) is 17.3 Å². The third-order valence-electron chi connectivity index (χ3n) is 2.80. The van der Waals surface area contributed by atoms with Crippen LogP contribution >= 0.6 is 0 Å². The van der Waals surface area contributed by atoms with Gasteiger partial charge < -0.3 is 14.6 Å². The summed E-state index contributed by atoms with van der Waals surface area (Å²) in [7, 11) is 0. The van der Waals surface area contributed by atoms with E-state index in [1.54, 1.807) is 17.0 Å². The number of carbonyl (C=O) groups is 1. The monoisotopic (exact) mass is 254 g/mol. The molecule has 1 aliphatic rings. The second-order valence-electron chi connectivity index (χ2n) is 3.95. The molecule has 92 valence electrons. The van der Waals surface area contributed by atoms with Gasteiger partial charge in [0.15, 0.2) is 0 Å². The Hall–Kier alpha value is -1.40. The summed E-state index contributed by atoms with van der Waals surface area (Å²) in [6, 6.07) is 4.82. The summed E-state index contributed by atoms with van der Waals surface area (Å²) in [5.74, 6) is -1.00. The lowest BCUT2D eigenvalue weighted by Gasteiger charge is -2.32. The normalized spacial score (nSPS) is 16.4. The molecule has 0 aliphatic carbocycles. The first kappa shape index (κ1) is 12.1. The summed E-state index contributed by atoms with van der Waals surface area (Å²) in [4.78, 5) is 12.6. The summed E-state index contributed by atoms with van der Waals surface area (Å²) >= 11 is -2.12. The Morgan fingerprint density at radius 2 is 2.29 bits per heavy atom. The van der Waals surface area contributed by atoms with Crippen molar-refractivity contribution >= 4 is 22.7 Å². The number of rotatable bonds is 3. The predicted octanol–water partition coefficient (Wildman–Crippen LogP) is 0.974. The van der Waals surface area contributed by atoms with E-state index in [1.165, 1.54) is 6.07 Å². The van der Waals surface area contributed by atoms with Crippen LogP contribution in [0.3, 0.4) is 0 Å². The lowest BCUT2D eigenvalue weighted by Crippen LogP contribution is -2.32. The number of anilines is 1. The molecule has 1 atom stereocenters. The number of nitrogens with zero attached hydrogens (tertiary/aromatic N) is 1. The zero-order valence-electron chi connectivity index (χ0n) is 9.09. The summed E-state index contributed by atoms with van der Waals surface area (Å²) in [6.07, 6.45) is 1.63. The molecule has 0 fully saturated rings. The summed E-state index contributed by atoms with van der Waals surface area (Å²) in [5, 5.41) is 8.89. The van der Waals surface area contributed by atoms with E-state index in [9.17, 15) is 13.6 Å². The summed E-state index contributed by atoms with van der Waals surface area (Å²) < 4.78 is 21.4. The maximum Gasteiger partial charge on any atom is 0.335 e. The van der Waals surface area contributed by atoms with Crippen molar-refractivity contribution in [1.82, 2.24) is 0 Å². The van der Waals surface area contributed by atoms with Gasteiger partial charge >= 0.3 is 5.97 Å². The van der Waals surface area contributed by atoms with E-state index in [0.717, 1.165) is 24.1 Å². The number of fused-ring (bicyclic) bond motifs is 1. The molecule has 0 spiro atoms. The second kappa shape index (κ2) is 4.85. The molecule has 1 N–H and O–H groups in total. The van der Waals surface area contributed by atoms with E-state index in [2.05, 4.69) is 0 Å². The first-order valence-corrected chi connectivity index (χ1v) is 6.49. The van der Waals surface area contributed by atoms with Crippen molar-refractivity contribution in [3.63, 3.8) is 0 Å². The third-order valence-corrected chi connectivity index (χ3v) is 3.33. The number of carboxylic acids is 1. The van der Waals surface area contributed by atoms with Gasteiger partial charge in [-0.2, -0.15) is 0 Å². The number of aromatic carboxylic acids is 1. The summed E-state index contributed by atoms with van der Waals surface area (Å²) in [6.45, 7) is 0.688. The molecule has 1 unspecified atom stereocenters. The molecule has 1 aliphatic heterocycles. The van der Waals surface area contributed by atoms with Crippen molar-refractivity contribution < 1.29 is 18.7 Å². The number of hydrogen-bond acceptors (Lipinski definition) is 4. The topological polar surface area (TPSA) is 80.7 Å². The van der Waals surface area contributed by atoms with Crippen LogP contribution in [0, 0.1) is 0 Å². The highest BCUT2D eigenvalue weighted by atomic mass is 32.2. The molecule has 0 amide bonds. The molecular formula is C11H12NO4S-. The van der Waals surface area contributed by atoms with Gasteiger partial charge in [-0.15, -0.1) is 0 Å². The smallest absolute Gasteiger partial charge is 0.335 e. The van der Waals surface area contributed by atoms with E-state index < -0.39 is 17.0 Å². The highest BCUT2D eigenvalue weighted by Gasteiger charge is 2.18. The van der Waals surface area contributed by atoms with Crippen molar-refractivity contribution in [2.24, 2.45) is 0 Å². The van der Waals surface area contributed by atoms with Crippen molar-refractivity contribution in [1.29, 1.82) is 0 Å². The van der Waals surface area contributed by atoms with E-state index in [0.29, 0.717) is 6.54 Å². The van der Waals surface area contributed by atoms with E-state index in [4.69, 9.17) is 5.11 Å². The highest BCUT2D eigenvalue weighted by molar-refractivity contribution is 7.79. The quantitative estimate of drug-likeness (QED) is 0.813. The molecule has 0 saturated carbocycles. The SMILES string of the molecule is O=C(O)c1ccc2c(c1)CCCN2CS(=O)[O-]. The Morgan fingerprint density at radius 1 is 1.53 bits per heavy atom. The van der Waals surface area contributed by atoms with Gasteiger partial charge in [0.25, 0.3) is 0 Å². The Morgan fingerprint density at radius 3 is 2.94 bits per heavy atom. The minimum atomic E-state index is -2.12. The van der Waals surface area contributed by atoms with Crippen LogP contribution in [0.25, 0.3) is 0 Å². The molecule has 5 nitrogen and oxygen atoms in total. The number of hydrogen-bond donors (Lipinski definition) is 1. The molecule has 0 aromatic heterocycles. The Bertz CT molecular complexity index is 475. The van der Waals surface area contributed by atoms with E-state index in [-0.39, 0.29) is 11.4 Å². The van der Waals surface area contributed by atoms with Gasteiger partial charge in [0, 0.05) is 12.2 Å². The van der Waals surface area contributed by atoms with Crippen molar-refractivity contribution in [3.05, 3.63) is 29.3 Å². The third kappa shape index (κ3) is 2.65. The van der Waals surface area contributed by atoms with Crippen LogP contribution in [-0.4, -0.2) is 32.3 Å². The van der Waals surface area contributed by atoms with E-state index in [1.807, 2.05) is 0 Å². The Labute approximate surface area is 101 Å². The maximum atomic E-state index is 10.8. The molecule has 1 aromatic carbocycles. The van der Waals surface area contributed by atoms with Gasteiger partial charge in [-0.05, 0) is 47.7 Å². The fraction of sp³-hybridized carbons (Fsp3) is 0.364. The molecule has 0 bridgehead atoms. The standard InChI is InChI=1S/C11H13NO4S/c13-11(14)9-3-4-10-8(6-9)2-1-5-12(10)7-17(15)16/h3-4,6H,1-2,5,7H2,(H,13,14)(H,15,16)/p-1. The van der Waals surface area contributed by atoms with Gasteiger partial charge in [-0.3, -0.25) is 4.21 Å². The van der Waals surface area contributed by atoms with Gasteiger partial charge in [0.1, 0.15) is 0 Å². The van der Waals surface area contributed by atoms with Crippen LogP contribution in [0.5, 0.6) is 0 Å². The maximum absolute atomic E-state index is 10.8. The van der Waals surface area contributed by atoms with Gasteiger partial charge in [-0.1, -0.05) is 0 Å². The van der Waals surface area contributed by atoms with Crippen LogP contribution in [0.2, 0.25) is 0 Å². The average Bonchev–Trinajstić information content (AvgIpc) is 2.28. The Balaban J connectivity index is 2.33. The zero-order valence-corrected chi connectivity index (χ0v) is 9.90. The van der Waals surface area contributed by atoms with E-state index >= 15 is 0 Å². The molecule has 1 aromatic rings. The van der Waals surface area contributed by atoms with Crippen LogP contribution in [0.4, 0.5) is 5.69 Å². The second-order valence-corrected chi connectivity index (χ2v) is 4.81. The molecule has 1 heterocycles. The first-order chi connectivity index (χ1) is 8.08. The van der Waals surface area contributed by atoms with Crippen LogP contribution in [0.15, 0.2) is 18.2 Å². The fourth-order valence-corrected chi connectivity index (χ4v) is 2.59. The molecule has 0 radical (unpaired) electrons. The lowest BCUT2D eigenvalue weighted by atomic mass is 10.00. The molecule has 2 rings (SSSR count). The fourth-order valence-electron chi connectivity index (χ4n) is 2.07. The zero-order chi connectivity index (χ0) is 12.4. The number of aryl methyl sites for hydroxylation is 1. The molecular weight excluding hydrogens is 242 g/mol. The van der Waals surface area contributed by atoms with Crippen molar-refractivity contribution in [3.8, 4) is 0 Å². The number of carboxylic acid groups (broad SMARTS) is 1. The van der Waals surface area contributed by atoms with Gasteiger partial charge in [0.2, 0.25) is 0 Å². The lowest BCUT2D eigenvalue weighted by molar-refractivity contribution is 0.0696. The van der Waals surface area contributed by atoms with Crippen LogP contribution in [0.1, 0.15) is 22.3 Å². The summed E-state index contributed by atoms with van der Waals surface area (Å²) in [5.41, 5.74) is 1.97. The molecule has 6 heteroatoms. The minimum absolute atomic E-state index is 0.0422. The largest absolute Gasteiger partial charge is 0.771 e. The first-order valence-electron chi connectivity index (χ1n) is 5.25. The van der Waals surface area contributed by atoms with Crippen LogP contribution < -0.4 is 4.90 Å². The van der Waals surface area contributed by atoms with Crippen molar-refractivity contribution in [2.45, 2.75) is 12.8 Å². The van der Waals surface area contributed by atoms with Gasteiger partial charge in [-0.25, -0.2) is 4.79 Å². The highest BCUT2D eigenvalue weighted by Crippen LogP contribution is 2.28. The minimum Gasteiger partial charge on any atom is -0.771 e. The predicted molar refractivity (Wildman–Crippen MR) is 62.9 cm³/mol. The van der Waals surface area contributed by atoms with Crippen LogP contribution in [-0.2, 0) is 17.5 Å². The molecule has 17 heavy (non-hydrogen) atoms. The van der Waals surface area contributed by atoms with Gasteiger partial charge in [0.05, 0.1) is 11.4 Å². The number of benzene rings is 1. The Kier molecular flexibility index (Phi) is 3.44. The average molecular weight is 254 g/mol. The molecule has 0 saturated heterocycles.